The second kappa shape index (κ2) is 6.08. The molecule has 3 N–H and O–H groups in total. The fraction of sp³-hybridized carbons (Fsp3) is 0.154. The molecule has 0 bridgehead atoms. The Bertz CT molecular complexity index is 597. The summed E-state index contributed by atoms with van der Waals surface area (Å²) < 4.78 is 1.10. The van der Waals surface area contributed by atoms with E-state index >= 15 is 0 Å². The number of thiophene rings is 1. The van der Waals surface area contributed by atoms with Crippen LogP contribution in [0.5, 0.6) is 0 Å². The van der Waals surface area contributed by atoms with Gasteiger partial charge in [-0.2, -0.15) is 0 Å². The SMILES string of the molecule is CN(Cc1cc(Br)cs1)c1cccc(/C(N)=N/O)c1. The van der Waals surface area contributed by atoms with Crippen molar-refractivity contribution < 1.29 is 5.21 Å². The molecular weight excluding hydrogens is 326 g/mol. The second-order valence-electron chi connectivity index (χ2n) is 4.12. The molecule has 4 nitrogen and oxygen atoms in total. The van der Waals surface area contributed by atoms with Crippen LogP contribution < -0.4 is 10.6 Å². The predicted octanol–water partition coefficient (Wildman–Crippen LogP) is 3.24. The molecule has 1 aromatic carbocycles. The number of hydrogen-bond donors (Lipinski definition) is 2. The molecule has 1 aromatic heterocycles. The average molecular weight is 340 g/mol. The minimum atomic E-state index is 0.120. The van der Waals surface area contributed by atoms with Crippen LogP contribution in [0.15, 0.2) is 45.3 Å². The van der Waals surface area contributed by atoms with Gasteiger partial charge in [0, 0.05) is 33.0 Å². The number of hydrogen-bond acceptors (Lipinski definition) is 4. The number of nitrogens with zero attached hydrogens (tertiary/aromatic N) is 2. The molecule has 0 radical (unpaired) electrons. The van der Waals surface area contributed by atoms with Crippen molar-refractivity contribution in [2.24, 2.45) is 10.9 Å². The monoisotopic (exact) mass is 339 g/mol. The third-order valence-corrected chi connectivity index (χ3v) is 4.39. The number of oxime groups is 1. The van der Waals surface area contributed by atoms with E-state index in [1.807, 2.05) is 31.3 Å². The van der Waals surface area contributed by atoms with E-state index in [-0.39, 0.29) is 5.84 Å². The maximum absolute atomic E-state index is 8.70. The Morgan fingerprint density at radius 3 is 2.89 bits per heavy atom. The highest BCUT2D eigenvalue weighted by Crippen LogP contribution is 2.23. The van der Waals surface area contributed by atoms with Gasteiger partial charge in [0.25, 0.3) is 0 Å². The summed E-state index contributed by atoms with van der Waals surface area (Å²) in [5.74, 6) is 0.120. The molecule has 0 aliphatic carbocycles. The maximum atomic E-state index is 8.70. The van der Waals surface area contributed by atoms with Crippen LogP contribution in [-0.4, -0.2) is 18.1 Å². The van der Waals surface area contributed by atoms with E-state index in [4.69, 9.17) is 10.9 Å². The Morgan fingerprint density at radius 1 is 1.47 bits per heavy atom. The normalized spacial score (nSPS) is 11.6. The second-order valence-corrected chi connectivity index (χ2v) is 6.03. The summed E-state index contributed by atoms with van der Waals surface area (Å²) in [5, 5.41) is 13.8. The molecule has 0 aliphatic rings. The van der Waals surface area contributed by atoms with Crippen molar-refractivity contribution in [3.63, 3.8) is 0 Å². The van der Waals surface area contributed by atoms with Gasteiger partial charge in [-0.05, 0) is 34.1 Å². The van der Waals surface area contributed by atoms with E-state index < -0.39 is 0 Å². The topological polar surface area (TPSA) is 61.8 Å². The van der Waals surface area contributed by atoms with E-state index in [0.717, 1.165) is 16.7 Å². The van der Waals surface area contributed by atoms with E-state index in [9.17, 15) is 0 Å². The van der Waals surface area contributed by atoms with Gasteiger partial charge in [0.1, 0.15) is 0 Å². The first-order valence-electron chi connectivity index (χ1n) is 5.62. The molecule has 0 aliphatic heterocycles. The highest BCUT2D eigenvalue weighted by Gasteiger charge is 2.06. The van der Waals surface area contributed by atoms with Crippen LogP contribution in [-0.2, 0) is 6.54 Å². The third-order valence-electron chi connectivity index (χ3n) is 2.71. The molecule has 0 atom stereocenters. The standard InChI is InChI=1S/C13H14BrN3OS/c1-17(7-12-6-10(14)8-19-12)11-4-2-3-9(5-11)13(15)16-18/h2-6,8,18H,7H2,1H3,(H2,15,16). The molecule has 0 saturated heterocycles. The highest BCUT2D eigenvalue weighted by molar-refractivity contribution is 9.10. The van der Waals surface area contributed by atoms with E-state index in [1.165, 1.54) is 4.88 Å². The van der Waals surface area contributed by atoms with Gasteiger partial charge in [-0.15, -0.1) is 11.3 Å². The molecule has 0 amide bonds. The molecule has 0 unspecified atom stereocenters. The van der Waals surface area contributed by atoms with Crippen LogP contribution >= 0.6 is 27.3 Å². The number of nitrogens with two attached hydrogens (primary N) is 1. The van der Waals surface area contributed by atoms with Crippen molar-refractivity contribution >= 4 is 38.8 Å². The Kier molecular flexibility index (Phi) is 4.44. The summed E-state index contributed by atoms with van der Waals surface area (Å²) in [4.78, 5) is 3.38. The van der Waals surface area contributed by atoms with Crippen molar-refractivity contribution in [1.29, 1.82) is 0 Å². The summed E-state index contributed by atoms with van der Waals surface area (Å²) in [7, 11) is 2.01. The molecule has 19 heavy (non-hydrogen) atoms. The molecule has 0 saturated carbocycles. The minimum absolute atomic E-state index is 0.120. The summed E-state index contributed by atoms with van der Waals surface area (Å²) in [6, 6.07) is 9.71. The lowest BCUT2D eigenvalue weighted by molar-refractivity contribution is 0.318. The van der Waals surface area contributed by atoms with Gasteiger partial charge in [-0.3, -0.25) is 0 Å². The Hall–Kier alpha value is -1.53. The van der Waals surface area contributed by atoms with Crippen molar-refractivity contribution in [1.82, 2.24) is 0 Å². The minimum Gasteiger partial charge on any atom is -0.409 e. The average Bonchev–Trinajstić information content (AvgIpc) is 2.83. The van der Waals surface area contributed by atoms with Gasteiger partial charge < -0.3 is 15.8 Å². The molecule has 1 heterocycles. The molecule has 0 spiro atoms. The van der Waals surface area contributed by atoms with E-state index in [2.05, 4.69) is 37.4 Å². The van der Waals surface area contributed by atoms with Crippen molar-refractivity contribution in [2.45, 2.75) is 6.54 Å². The van der Waals surface area contributed by atoms with Crippen molar-refractivity contribution in [2.75, 3.05) is 11.9 Å². The first-order valence-corrected chi connectivity index (χ1v) is 7.29. The Morgan fingerprint density at radius 2 is 2.26 bits per heavy atom. The largest absolute Gasteiger partial charge is 0.409 e. The van der Waals surface area contributed by atoms with Crippen LogP contribution in [0.25, 0.3) is 0 Å². The molecule has 100 valence electrons. The van der Waals surface area contributed by atoms with Crippen LogP contribution in [0, 0.1) is 0 Å². The summed E-state index contributed by atoms with van der Waals surface area (Å²) in [5.41, 5.74) is 7.33. The van der Waals surface area contributed by atoms with Crippen LogP contribution in [0.2, 0.25) is 0 Å². The van der Waals surface area contributed by atoms with Gasteiger partial charge in [-0.25, -0.2) is 0 Å². The number of benzene rings is 1. The lowest BCUT2D eigenvalue weighted by Gasteiger charge is -2.19. The third kappa shape index (κ3) is 3.48. The molecule has 2 aromatic rings. The maximum Gasteiger partial charge on any atom is 0.170 e. The first kappa shape index (κ1) is 13.9. The first-order chi connectivity index (χ1) is 9.10. The van der Waals surface area contributed by atoms with Gasteiger partial charge in [0.05, 0.1) is 6.54 Å². The van der Waals surface area contributed by atoms with Crippen LogP contribution in [0.4, 0.5) is 5.69 Å². The zero-order valence-electron chi connectivity index (χ0n) is 10.4. The van der Waals surface area contributed by atoms with E-state index in [0.29, 0.717) is 5.56 Å². The zero-order valence-corrected chi connectivity index (χ0v) is 12.8. The van der Waals surface area contributed by atoms with Gasteiger partial charge in [0.2, 0.25) is 0 Å². The zero-order chi connectivity index (χ0) is 13.8. The predicted molar refractivity (Wildman–Crippen MR) is 83.1 cm³/mol. The van der Waals surface area contributed by atoms with E-state index in [1.54, 1.807) is 11.3 Å². The van der Waals surface area contributed by atoms with Gasteiger partial charge >= 0.3 is 0 Å². The summed E-state index contributed by atoms with van der Waals surface area (Å²) in [6.45, 7) is 0.815. The lowest BCUT2D eigenvalue weighted by atomic mass is 10.1. The fourth-order valence-corrected chi connectivity index (χ4v) is 3.23. The quantitative estimate of drug-likeness (QED) is 0.389. The van der Waals surface area contributed by atoms with Gasteiger partial charge in [-0.1, -0.05) is 17.3 Å². The van der Waals surface area contributed by atoms with Crippen molar-refractivity contribution in [3.8, 4) is 0 Å². The van der Waals surface area contributed by atoms with Crippen molar-refractivity contribution in [3.05, 3.63) is 50.6 Å². The Labute approximate surface area is 124 Å². The molecule has 6 heteroatoms. The fourth-order valence-electron chi connectivity index (χ4n) is 1.72. The highest BCUT2D eigenvalue weighted by atomic mass is 79.9. The number of amidine groups is 1. The van der Waals surface area contributed by atoms with Crippen LogP contribution in [0.1, 0.15) is 10.4 Å². The smallest absolute Gasteiger partial charge is 0.170 e. The van der Waals surface area contributed by atoms with Crippen LogP contribution in [0.3, 0.4) is 0 Å². The summed E-state index contributed by atoms with van der Waals surface area (Å²) in [6.07, 6.45) is 0. The molecule has 2 rings (SSSR count). The summed E-state index contributed by atoms with van der Waals surface area (Å²) >= 11 is 5.16. The lowest BCUT2D eigenvalue weighted by Crippen LogP contribution is -2.18. The molecular formula is C13H14BrN3OS. The number of anilines is 1. The molecule has 0 fully saturated rings. The van der Waals surface area contributed by atoms with Gasteiger partial charge in [0.15, 0.2) is 5.84 Å². The number of halogens is 1. The Balaban J connectivity index is 2.17. The number of rotatable bonds is 4.